The fourth-order valence-corrected chi connectivity index (χ4v) is 1.87. The van der Waals surface area contributed by atoms with Gasteiger partial charge in [-0.05, 0) is 31.0 Å². The van der Waals surface area contributed by atoms with Gasteiger partial charge in [0.2, 0.25) is 0 Å². The molecule has 2 rings (SSSR count). The Hall–Kier alpha value is -2.03. The smallest absolute Gasteiger partial charge is 0.169 e. The number of carbonyl (C=O) groups excluding carboxylic acids is 1. The van der Waals surface area contributed by atoms with E-state index in [9.17, 15) is 13.6 Å². The van der Waals surface area contributed by atoms with Gasteiger partial charge < -0.3 is 0 Å². The third kappa shape index (κ3) is 3.25. The Bertz CT molecular complexity index is 588. The first-order valence-corrected chi connectivity index (χ1v) is 6.10. The quantitative estimate of drug-likeness (QED) is 0.757. The van der Waals surface area contributed by atoms with Crippen LogP contribution in [0, 0.1) is 18.6 Å². The predicted molar refractivity (Wildman–Crippen MR) is 70.2 cm³/mol. The van der Waals surface area contributed by atoms with E-state index in [0.717, 1.165) is 17.2 Å². The van der Waals surface area contributed by atoms with E-state index in [4.69, 9.17) is 0 Å². The summed E-state index contributed by atoms with van der Waals surface area (Å²) in [6, 6.07) is 11.5. The molecule has 0 aliphatic carbocycles. The Morgan fingerprint density at radius 3 is 2.42 bits per heavy atom. The number of hydrogen-bond acceptors (Lipinski definition) is 1. The van der Waals surface area contributed by atoms with Crippen molar-refractivity contribution in [2.45, 2.75) is 19.8 Å². The van der Waals surface area contributed by atoms with Crippen LogP contribution in [0.4, 0.5) is 8.78 Å². The van der Waals surface area contributed by atoms with Crippen molar-refractivity contribution >= 4 is 5.78 Å². The number of aryl methyl sites for hydroxylation is 2. The summed E-state index contributed by atoms with van der Waals surface area (Å²) in [6.07, 6.45) is 0.693. The minimum absolute atomic E-state index is 0.170. The van der Waals surface area contributed by atoms with Crippen LogP contribution < -0.4 is 0 Å². The number of ketones is 1. The maximum atomic E-state index is 13.4. The van der Waals surface area contributed by atoms with Gasteiger partial charge in [0.25, 0.3) is 0 Å². The zero-order valence-corrected chi connectivity index (χ0v) is 10.6. The lowest BCUT2D eigenvalue weighted by molar-refractivity contribution is 0.0978. The van der Waals surface area contributed by atoms with Crippen molar-refractivity contribution in [3.63, 3.8) is 0 Å². The van der Waals surface area contributed by atoms with Crippen LogP contribution in [-0.4, -0.2) is 5.78 Å². The van der Waals surface area contributed by atoms with Gasteiger partial charge in [-0.15, -0.1) is 0 Å². The third-order valence-electron chi connectivity index (χ3n) is 3.01. The van der Waals surface area contributed by atoms with E-state index < -0.39 is 11.6 Å². The molecule has 0 aliphatic heterocycles. The summed E-state index contributed by atoms with van der Waals surface area (Å²) in [5, 5.41) is 0. The summed E-state index contributed by atoms with van der Waals surface area (Å²) < 4.78 is 26.5. The molecule has 0 N–H and O–H groups in total. The standard InChI is InChI=1S/C16H14F2O/c1-11-5-7-12(8-6-11)9-10-15(19)13-3-2-4-14(17)16(13)18/h2-8H,9-10H2,1H3. The summed E-state index contributed by atoms with van der Waals surface area (Å²) >= 11 is 0. The molecule has 0 unspecified atom stereocenters. The molecule has 0 aromatic heterocycles. The van der Waals surface area contributed by atoms with Crippen molar-refractivity contribution in [1.29, 1.82) is 0 Å². The molecule has 1 nitrogen and oxygen atoms in total. The fourth-order valence-electron chi connectivity index (χ4n) is 1.87. The van der Waals surface area contributed by atoms with Crippen LogP contribution in [0.15, 0.2) is 42.5 Å². The Morgan fingerprint density at radius 1 is 1.05 bits per heavy atom. The molecule has 0 fully saturated rings. The van der Waals surface area contributed by atoms with Crippen molar-refractivity contribution in [2.24, 2.45) is 0 Å². The van der Waals surface area contributed by atoms with Crippen LogP contribution in [0.2, 0.25) is 0 Å². The van der Waals surface area contributed by atoms with Crippen LogP contribution in [0.25, 0.3) is 0 Å². The van der Waals surface area contributed by atoms with Gasteiger partial charge in [0.1, 0.15) is 0 Å². The number of rotatable bonds is 4. The van der Waals surface area contributed by atoms with Gasteiger partial charge in [0.05, 0.1) is 5.56 Å². The summed E-state index contributed by atoms with van der Waals surface area (Å²) in [7, 11) is 0. The second kappa shape index (κ2) is 5.74. The third-order valence-corrected chi connectivity index (χ3v) is 3.01. The Kier molecular flexibility index (Phi) is 4.05. The van der Waals surface area contributed by atoms with E-state index in [-0.39, 0.29) is 17.8 Å². The average Bonchev–Trinajstić information content (AvgIpc) is 2.41. The second-order valence-electron chi connectivity index (χ2n) is 4.51. The summed E-state index contributed by atoms with van der Waals surface area (Å²) in [4.78, 5) is 11.9. The number of hydrogen-bond donors (Lipinski definition) is 0. The van der Waals surface area contributed by atoms with Crippen molar-refractivity contribution in [3.05, 3.63) is 70.8 Å². The minimum atomic E-state index is -1.06. The molecule has 98 valence electrons. The molecule has 0 saturated heterocycles. The van der Waals surface area contributed by atoms with E-state index >= 15 is 0 Å². The van der Waals surface area contributed by atoms with Gasteiger partial charge >= 0.3 is 0 Å². The molecular weight excluding hydrogens is 246 g/mol. The highest BCUT2D eigenvalue weighted by Crippen LogP contribution is 2.15. The Labute approximate surface area is 110 Å². The lowest BCUT2D eigenvalue weighted by Crippen LogP contribution is -2.05. The molecule has 0 bridgehead atoms. The van der Waals surface area contributed by atoms with E-state index in [1.807, 2.05) is 31.2 Å². The first-order chi connectivity index (χ1) is 9.08. The average molecular weight is 260 g/mol. The summed E-state index contributed by atoms with van der Waals surface area (Å²) in [5.74, 6) is -2.42. The predicted octanol–water partition coefficient (Wildman–Crippen LogP) is 4.09. The van der Waals surface area contributed by atoms with Crippen LogP contribution in [0.1, 0.15) is 27.9 Å². The molecule has 2 aromatic carbocycles. The number of carbonyl (C=O) groups is 1. The van der Waals surface area contributed by atoms with Gasteiger partial charge in [-0.25, -0.2) is 8.78 Å². The number of benzene rings is 2. The normalized spacial score (nSPS) is 10.5. The summed E-state index contributed by atoms with van der Waals surface area (Å²) in [5.41, 5.74) is 1.98. The monoisotopic (exact) mass is 260 g/mol. The van der Waals surface area contributed by atoms with Gasteiger partial charge in [0, 0.05) is 6.42 Å². The molecule has 0 saturated carbocycles. The highest BCUT2D eigenvalue weighted by Gasteiger charge is 2.14. The van der Waals surface area contributed by atoms with Crippen LogP contribution in [0.5, 0.6) is 0 Å². The highest BCUT2D eigenvalue weighted by atomic mass is 19.2. The Balaban J connectivity index is 2.05. The first-order valence-electron chi connectivity index (χ1n) is 6.10. The fraction of sp³-hybridized carbons (Fsp3) is 0.188. The largest absolute Gasteiger partial charge is 0.294 e. The zero-order valence-electron chi connectivity index (χ0n) is 10.6. The van der Waals surface area contributed by atoms with Crippen molar-refractivity contribution < 1.29 is 13.6 Å². The van der Waals surface area contributed by atoms with Crippen molar-refractivity contribution in [3.8, 4) is 0 Å². The lowest BCUT2D eigenvalue weighted by atomic mass is 10.0. The highest BCUT2D eigenvalue weighted by molar-refractivity contribution is 5.96. The molecule has 0 radical (unpaired) electrons. The Morgan fingerprint density at radius 2 is 1.74 bits per heavy atom. The molecule has 0 heterocycles. The van der Waals surface area contributed by atoms with Crippen molar-refractivity contribution in [2.75, 3.05) is 0 Å². The first kappa shape index (κ1) is 13.4. The molecule has 0 spiro atoms. The van der Waals surface area contributed by atoms with E-state index in [0.29, 0.717) is 6.42 Å². The van der Waals surface area contributed by atoms with E-state index in [1.165, 1.54) is 12.1 Å². The van der Waals surface area contributed by atoms with Crippen molar-refractivity contribution in [1.82, 2.24) is 0 Å². The van der Waals surface area contributed by atoms with Gasteiger partial charge in [-0.1, -0.05) is 35.9 Å². The van der Waals surface area contributed by atoms with Gasteiger partial charge in [-0.2, -0.15) is 0 Å². The van der Waals surface area contributed by atoms with Crippen LogP contribution in [-0.2, 0) is 6.42 Å². The van der Waals surface area contributed by atoms with Crippen LogP contribution >= 0.6 is 0 Å². The SMILES string of the molecule is Cc1ccc(CCC(=O)c2cccc(F)c2F)cc1. The minimum Gasteiger partial charge on any atom is -0.294 e. The number of halogens is 2. The maximum Gasteiger partial charge on any atom is 0.169 e. The molecular formula is C16H14F2O. The van der Waals surface area contributed by atoms with Gasteiger partial charge in [-0.3, -0.25) is 4.79 Å². The zero-order chi connectivity index (χ0) is 13.8. The topological polar surface area (TPSA) is 17.1 Å². The molecule has 0 atom stereocenters. The second-order valence-corrected chi connectivity index (χ2v) is 4.51. The molecule has 0 aliphatic rings. The van der Waals surface area contributed by atoms with E-state index in [1.54, 1.807) is 0 Å². The molecule has 19 heavy (non-hydrogen) atoms. The summed E-state index contributed by atoms with van der Waals surface area (Å²) in [6.45, 7) is 1.98. The molecule has 3 heteroatoms. The van der Waals surface area contributed by atoms with Gasteiger partial charge in [0.15, 0.2) is 17.4 Å². The van der Waals surface area contributed by atoms with E-state index in [2.05, 4.69) is 0 Å². The van der Waals surface area contributed by atoms with Crippen LogP contribution in [0.3, 0.4) is 0 Å². The molecule has 2 aromatic rings. The maximum absolute atomic E-state index is 13.4. The molecule has 0 amide bonds. The lowest BCUT2D eigenvalue weighted by Gasteiger charge is -2.04. The number of Topliss-reactive ketones (excluding diaryl/α,β-unsaturated/α-hetero) is 1.